The van der Waals surface area contributed by atoms with Crippen LogP contribution in [0.4, 0.5) is 0 Å². The zero-order chi connectivity index (χ0) is 16.0. The van der Waals surface area contributed by atoms with Crippen LogP contribution >= 0.6 is 0 Å². The first kappa shape index (κ1) is 17.0. The standard InChI is InChI=1S/C18H22N4O/c1-5-17(13-19-7-1)15-21-9-3-11-23-12-4-10-22-16-18-6-2-8-20-14-18/h1-2,5-10,13-14H,3-4,11-12,15-16H2. The predicted octanol–water partition coefficient (Wildman–Crippen LogP) is 3.12. The maximum Gasteiger partial charge on any atom is 0.0650 e. The van der Waals surface area contributed by atoms with Gasteiger partial charge in [-0.2, -0.15) is 0 Å². The number of pyridine rings is 2. The third-order valence-corrected chi connectivity index (χ3v) is 3.03. The lowest BCUT2D eigenvalue weighted by Crippen LogP contribution is -1.98. The molecule has 0 atom stereocenters. The molecule has 0 spiro atoms. The molecule has 0 radical (unpaired) electrons. The molecule has 5 heteroatoms. The van der Waals surface area contributed by atoms with Gasteiger partial charge in [-0.05, 0) is 23.3 Å². The van der Waals surface area contributed by atoms with Crippen LogP contribution in [-0.2, 0) is 17.8 Å². The van der Waals surface area contributed by atoms with E-state index >= 15 is 0 Å². The van der Waals surface area contributed by atoms with Crippen molar-refractivity contribution in [3.05, 3.63) is 60.2 Å². The van der Waals surface area contributed by atoms with Gasteiger partial charge < -0.3 is 4.74 Å². The van der Waals surface area contributed by atoms with Gasteiger partial charge in [0.1, 0.15) is 0 Å². The van der Waals surface area contributed by atoms with Gasteiger partial charge in [-0.15, -0.1) is 0 Å². The number of ether oxygens (including phenoxy) is 1. The fourth-order valence-electron chi connectivity index (χ4n) is 1.88. The van der Waals surface area contributed by atoms with E-state index in [0.717, 1.165) is 24.0 Å². The van der Waals surface area contributed by atoms with Crippen molar-refractivity contribution < 1.29 is 4.74 Å². The highest BCUT2D eigenvalue weighted by Crippen LogP contribution is 1.98. The summed E-state index contributed by atoms with van der Waals surface area (Å²) in [6, 6.07) is 7.88. The largest absolute Gasteiger partial charge is 0.381 e. The van der Waals surface area contributed by atoms with Gasteiger partial charge in [0.2, 0.25) is 0 Å². The summed E-state index contributed by atoms with van der Waals surface area (Å²) in [5.74, 6) is 0. The zero-order valence-electron chi connectivity index (χ0n) is 13.2. The lowest BCUT2D eigenvalue weighted by molar-refractivity contribution is 0.149. The molecular weight excluding hydrogens is 288 g/mol. The Morgan fingerprint density at radius 3 is 1.78 bits per heavy atom. The fourth-order valence-corrected chi connectivity index (χ4v) is 1.88. The van der Waals surface area contributed by atoms with E-state index in [1.165, 1.54) is 0 Å². The second kappa shape index (κ2) is 11.2. The Hall–Kier alpha value is -2.40. The van der Waals surface area contributed by atoms with E-state index in [0.29, 0.717) is 26.3 Å². The van der Waals surface area contributed by atoms with Crippen molar-refractivity contribution >= 4 is 12.4 Å². The first-order chi connectivity index (χ1) is 11.4. The Kier molecular flexibility index (Phi) is 8.26. The summed E-state index contributed by atoms with van der Waals surface area (Å²) in [6.45, 7) is 2.73. The molecule has 0 amide bonds. The van der Waals surface area contributed by atoms with E-state index in [9.17, 15) is 0 Å². The van der Waals surface area contributed by atoms with Crippen LogP contribution in [0.1, 0.15) is 24.0 Å². The predicted molar refractivity (Wildman–Crippen MR) is 92.9 cm³/mol. The van der Waals surface area contributed by atoms with Crippen molar-refractivity contribution in [3.8, 4) is 0 Å². The van der Waals surface area contributed by atoms with Gasteiger partial charge in [-0.1, -0.05) is 12.1 Å². The summed E-state index contributed by atoms with van der Waals surface area (Å²) < 4.78 is 5.53. The van der Waals surface area contributed by atoms with Gasteiger partial charge >= 0.3 is 0 Å². The first-order valence-electron chi connectivity index (χ1n) is 7.77. The lowest BCUT2D eigenvalue weighted by atomic mass is 10.3. The normalized spacial score (nSPS) is 11.5. The highest BCUT2D eigenvalue weighted by atomic mass is 16.5. The molecular formula is C18H22N4O. The molecule has 0 aromatic carbocycles. The molecule has 0 aliphatic rings. The molecule has 0 unspecified atom stereocenters. The maximum absolute atomic E-state index is 5.53. The number of rotatable bonds is 10. The molecule has 2 heterocycles. The molecule has 0 saturated carbocycles. The third kappa shape index (κ3) is 7.97. The van der Waals surface area contributed by atoms with Crippen molar-refractivity contribution in [3.63, 3.8) is 0 Å². The van der Waals surface area contributed by atoms with Gasteiger partial charge in [0.15, 0.2) is 0 Å². The van der Waals surface area contributed by atoms with Crippen LogP contribution < -0.4 is 0 Å². The van der Waals surface area contributed by atoms with E-state index in [2.05, 4.69) is 20.0 Å². The highest BCUT2D eigenvalue weighted by molar-refractivity contribution is 5.57. The van der Waals surface area contributed by atoms with Crippen molar-refractivity contribution in [2.24, 2.45) is 9.98 Å². The van der Waals surface area contributed by atoms with Crippen molar-refractivity contribution in [1.82, 2.24) is 9.97 Å². The minimum absolute atomic E-state index is 0.675. The molecule has 0 bridgehead atoms. The van der Waals surface area contributed by atoms with Gasteiger partial charge in [-0.25, -0.2) is 0 Å². The Bertz CT molecular complexity index is 531. The van der Waals surface area contributed by atoms with E-state index in [-0.39, 0.29) is 0 Å². The van der Waals surface area contributed by atoms with E-state index < -0.39 is 0 Å². The fraction of sp³-hybridized carbons (Fsp3) is 0.333. The van der Waals surface area contributed by atoms with Gasteiger partial charge in [-0.3, -0.25) is 20.0 Å². The minimum Gasteiger partial charge on any atom is -0.381 e. The molecule has 0 N–H and O–H groups in total. The van der Waals surface area contributed by atoms with Crippen molar-refractivity contribution in [2.45, 2.75) is 25.9 Å². The van der Waals surface area contributed by atoms with Gasteiger partial charge in [0.25, 0.3) is 0 Å². The number of hydrogen-bond acceptors (Lipinski definition) is 5. The highest BCUT2D eigenvalue weighted by Gasteiger charge is 1.89. The Morgan fingerprint density at radius 1 is 0.826 bits per heavy atom. The summed E-state index contributed by atoms with van der Waals surface area (Å²) in [4.78, 5) is 16.8. The Balaban J connectivity index is 1.45. The minimum atomic E-state index is 0.675. The van der Waals surface area contributed by atoms with E-state index in [1.54, 1.807) is 12.4 Å². The van der Waals surface area contributed by atoms with Crippen LogP contribution in [0.25, 0.3) is 0 Å². The maximum atomic E-state index is 5.53. The van der Waals surface area contributed by atoms with Crippen molar-refractivity contribution in [2.75, 3.05) is 13.2 Å². The second-order valence-electron chi connectivity index (χ2n) is 4.96. The molecule has 0 fully saturated rings. The monoisotopic (exact) mass is 310 g/mol. The molecule has 120 valence electrons. The number of nitrogens with zero attached hydrogens (tertiary/aromatic N) is 4. The summed E-state index contributed by atoms with van der Waals surface area (Å²) in [7, 11) is 0. The molecule has 5 nitrogen and oxygen atoms in total. The Morgan fingerprint density at radius 2 is 1.35 bits per heavy atom. The molecule has 23 heavy (non-hydrogen) atoms. The van der Waals surface area contributed by atoms with Crippen LogP contribution in [0, 0.1) is 0 Å². The lowest BCUT2D eigenvalue weighted by Gasteiger charge is -1.99. The Labute approximate surface area is 137 Å². The number of aliphatic imine (C=N–C) groups is 2. The smallest absolute Gasteiger partial charge is 0.0650 e. The van der Waals surface area contributed by atoms with Crippen LogP contribution in [0.5, 0.6) is 0 Å². The molecule has 0 aliphatic carbocycles. The molecule has 0 aliphatic heterocycles. The summed E-state index contributed by atoms with van der Waals surface area (Å²) >= 11 is 0. The summed E-state index contributed by atoms with van der Waals surface area (Å²) in [5, 5.41) is 0. The third-order valence-electron chi connectivity index (χ3n) is 3.03. The van der Waals surface area contributed by atoms with Gasteiger partial charge in [0.05, 0.1) is 26.3 Å². The zero-order valence-corrected chi connectivity index (χ0v) is 13.2. The van der Waals surface area contributed by atoms with Crippen LogP contribution in [0.15, 0.2) is 59.0 Å². The summed E-state index contributed by atoms with van der Waals surface area (Å²) in [6.07, 6.45) is 12.7. The first-order valence-corrected chi connectivity index (χ1v) is 7.77. The molecule has 2 aromatic heterocycles. The van der Waals surface area contributed by atoms with Gasteiger partial charge in [0, 0.05) is 50.1 Å². The quantitative estimate of drug-likeness (QED) is 0.500. The number of hydrogen-bond donors (Lipinski definition) is 0. The molecule has 2 rings (SSSR count). The number of aromatic nitrogens is 2. The summed E-state index contributed by atoms with van der Waals surface area (Å²) in [5.41, 5.74) is 2.24. The molecule has 0 saturated heterocycles. The van der Waals surface area contributed by atoms with Crippen LogP contribution in [0.2, 0.25) is 0 Å². The molecule has 2 aromatic rings. The SMILES string of the molecule is C(CCOCCC=NCc1cccnc1)=NCc1cccnc1. The average Bonchev–Trinajstić information content (AvgIpc) is 2.61. The van der Waals surface area contributed by atoms with Crippen LogP contribution in [-0.4, -0.2) is 35.6 Å². The van der Waals surface area contributed by atoms with Crippen LogP contribution in [0.3, 0.4) is 0 Å². The second-order valence-corrected chi connectivity index (χ2v) is 4.96. The average molecular weight is 310 g/mol. The van der Waals surface area contributed by atoms with E-state index in [4.69, 9.17) is 4.74 Å². The topological polar surface area (TPSA) is 59.7 Å². The van der Waals surface area contributed by atoms with E-state index in [1.807, 2.05) is 49.1 Å². The van der Waals surface area contributed by atoms with Crippen molar-refractivity contribution in [1.29, 1.82) is 0 Å².